The van der Waals surface area contributed by atoms with Crippen LogP contribution in [0, 0.1) is 5.41 Å². The summed E-state index contributed by atoms with van der Waals surface area (Å²) in [5.74, 6) is 1.20. The fraction of sp³-hybridized carbons (Fsp3) is 0.300. The molecule has 0 radical (unpaired) electrons. The zero-order chi connectivity index (χ0) is 8.39. The van der Waals surface area contributed by atoms with Gasteiger partial charge in [0.05, 0.1) is 6.61 Å². The molecule has 1 N–H and O–H groups in total. The molecule has 0 bridgehead atoms. The maximum Gasteiger partial charge on any atom is 0.123 e. The van der Waals surface area contributed by atoms with Gasteiger partial charge in [0.25, 0.3) is 0 Å². The zero-order valence-electron chi connectivity index (χ0n) is 6.79. The summed E-state index contributed by atoms with van der Waals surface area (Å²) in [6.07, 6.45) is 2.43. The molecule has 12 heavy (non-hydrogen) atoms. The molecule has 0 saturated heterocycles. The highest BCUT2D eigenvalue weighted by Gasteiger charge is 2.18. The van der Waals surface area contributed by atoms with Crippen LogP contribution < -0.4 is 4.74 Å². The Morgan fingerprint density at radius 1 is 1.42 bits per heavy atom. The molecular formula is C10H11NO. The Kier molecular flexibility index (Phi) is 1.82. The number of ether oxygens (including phenoxy) is 1. The SMILES string of the molecule is N=CC1CCOc2ccccc21. The first-order valence-corrected chi connectivity index (χ1v) is 4.14. The van der Waals surface area contributed by atoms with Gasteiger partial charge in [0.1, 0.15) is 5.75 Å². The van der Waals surface area contributed by atoms with E-state index in [-0.39, 0.29) is 5.92 Å². The first-order valence-electron chi connectivity index (χ1n) is 4.14. The number of rotatable bonds is 1. The van der Waals surface area contributed by atoms with Crippen LogP contribution in [0.4, 0.5) is 0 Å². The van der Waals surface area contributed by atoms with Crippen molar-refractivity contribution in [2.75, 3.05) is 6.61 Å². The largest absolute Gasteiger partial charge is 0.493 e. The number of para-hydroxylation sites is 1. The zero-order valence-corrected chi connectivity index (χ0v) is 6.79. The van der Waals surface area contributed by atoms with Crippen molar-refractivity contribution in [3.05, 3.63) is 29.8 Å². The fourth-order valence-electron chi connectivity index (χ4n) is 1.54. The molecule has 0 aromatic heterocycles. The summed E-state index contributed by atoms with van der Waals surface area (Å²) in [4.78, 5) is 0. The Morgan fingerprint density at radius 2 is 2.25 bits per heavy atom. The normalized spacial score (nSPS) is 20.8. The minimum absolute atomic E-state index is 0.259. The molecule has 0 aliphatic carbocycles. The van der Waals surface area contributed by atoms with Crippen molar-refractivity contribution in [2.24, 2.45) is 0 Å². The number of hydrogen-bond acceptors (Lipinski definition) is 2. The van der Waals surface area contributed by atoms with E-state index in [0.717, 1.165) is 24.3 Å². The van der Waals surface area contributed by atoms with E-state index in [4.69, 9.17) is 10.1 Å². The minimum atomic E-state index is 0.259. The molecule has 1 aromatic rings. The van der Waals surface area contributed by atoms with Gasteiger partial charge in [-0.1, -0.05) is 18.2 Å². The van der Waals surface area contributed by atoms with Crippen LogP contribution >= 0.6 is 0 Å². The smallest absolute Gasteiger partial charge is 0.123 e. The summed E-state index contributed by atoms with van der Waals surface area (Å²) in [5, 5.41) is 7.25. The maximum absolute atomic E-state index is 7.25. The van der Waals surface area contributed by atoms with E-state index in [1.807, 2.05) is 24.3 Å². The third-order valence-corrected chi connectivity index (χ3v) is 2.21. The van der Waals surface area contributed by atoms with Gasteiger partial charge in [0.15, 0.2) is 0 Å². The summed E-state index contributed by atoms with van der Waals surface area (Å²) in [5.41, 5.74) is 1.15. The molecule has 1 heterocycles. The Hall–Kier alpha value is -1.31. The lowest BCUT2D eigenvalue weighted by Gasteiger charge is -2.22. The van der Waals surface area contributed by atoms with Crippen molar-refractivity contribution in [1.82, 2.24) is 0 Å². The van der Waals surface area contributed by atoms with Gasteiger partial charge < -0.3 is 10.1 Å². The van der Waals surface area contributed by atoms with Gasteiger partial charge in [-0.3, -0.25) is 0 Å². The molecule has 1 aliphatic heterocycles. The van der Waals surface area contributed by atoms with E-state index in [9.17, 15) is 0 Å². The molecule has 0 saturated carbocycles. The van der Waals surface area contributed by atoms with Crippen LogP contribution in [0.2, 0.25) is 0 Å². The number of benzene rings is 1. The monoisotopic (exact) mass is 161 g/mol. The lowest BCUT2D eigenvalue weighted by molar-refractivity contribution is 0.283. The quantitative estimate of drug-likeness (QED) is 0.629. The highest BCUT2D eigenvalue weighted by atomic mass is 16.5. The van der Waals surface area contributed by atoms with Crippen LogP contribution in [0.15, 0.2) is 24.3 Å². The Bertz CT molecular complexity index is 296. The van der Waals surface area contributed by atoms with Crippen molar-refractivity contribution in [1.29, 1.82) is 5.41 Å². The van der Waals surface area contributed by atoms with Crippen LogP contribution in [-0.4, -0.2) is 12.8 Å². The minimum Gasteiger partial charge on any atom is -0.493 e. The van der Waals surface area contributed by atoms with Gasteiger partial charge in [-0.15, -0.1) is 0 Å². The van der Waals surface area contributed by atoms with Crippen molar-refractivity contribution >= 4 is 6.21 Å². The van der Waals surface area contributed by atoms with Gasteiger partial charge in [-0.05, 0) is 12.5 Å². The van der Waals surface area contributed by atoms with E-state index in [1.165, 1.54) is 6.21 Å². The summed E-state index contributed by atoms with van der Waals surface area (Å²) in [6, 6.07) is 7.95. The van der Waals surface area contributed by atoms with Gasteiger partial charge >= 0.3 is 0 Å². The topological polar surface area (TPSA) is 33.1 Å². The molecule has 0 spiro atoms. The summed E-state index contributed by atoms with van der Waals surface area (Å²) < 4.78 is 5.45. The van der Waals surface area contributed by atoms with Gasteiger partial charge in [-0.25, -0.2) is 0 Å². The molecule has 2 heteroatoms. The van der Waals surface area contributed by atoms with Gasteiger partial charge in [0, 0.05) is 17.7 Å². The Morgan fingerprint density at radius 3 is 3.08 bits per heavy atom. The molecular weight excluding hydrogens is 150 g/mol. The van der Waals surface area contributed by atoms with Gasteiger partial charge in [0.2, 0.25) is 0 Å². The van der Waals surface area contributed by atoms with E-state index < -0.39 is 0 Å². The van der Waals surface area contributed by atoms with Crippen LogP contribution in [0.3, 0.4) is 0 Å². The summed E-state index contributed by atoms with van der Waals surface area (Å²) in [6.45, 7) is 0.733. The lowest BCUT2D eigenvalue weighted by Crippen LogP contribution is -2.14. The predicted molar refractivity (Wildman–Crippen MR) is 48.1 cm³/mol. The molecule has 0 amide bonds. The van der Waals surface area contributed by atoms with Crippen LogP contribution in [0.1, 0.15) is 17.9 Å². The van der Waals surface area contributed by atoms with Crippen LogP contribution in [-0.2, 0) is 0 Å². The van der Waals surface area contributed by atoms with Crippen LogP contribution in [0.5, 0.6) is 5.75 Å². The first kappa shape index (κ1) is 7.35. The van der Waals surface area contributed by atoms with Crippen molar-refractivity contribution in [3.8, 4) is 5.75 Å². The number of fused-ring (bicyclic) bond motifs is 1. The molecule has 62 valence electrons. The molecule has 1 atom stereocenters. The molecule has 2 rings (SSSR count). The average molecular weight is 161 g/mol. The Balaban J connectivity index is 2.43. The van der Waals surface area contributed by atoms with Crippen molar-refractivity contribution < 1.29 is 4.74 Å². The molecule has 1 aromatic carbocycles. The van der Waals surface area contributed by atoms with Crippen molar-refractivity contribution in [2.45, 2.75) is 12.3 Å². The third-order valence-electron chi connectivity index (χ3n) is 2.21. The lowest BCUT2D eigenvalue weighted by atomic mass is 9.94. The molecule has 2 nitrogen and oxygen atoms in total. The summed E-state index contributed by atoms with van der Waals surface area (Å²) in [7, 11) is 0. The van der Waals surface area contributed by atoms with E-state index >= 15 is 0 Å². The van der Waals surface area contributed by atoms with Gasteiger partial charge in [-0.2, -0.15) is 0 Å². The second kappa shape index (κ2) is 2.97. The molecule has 0 fully saturated rings. The molecule has 1 aliphatic rings. The average Bonchev–Trinajstić information content (AvgIpc) is 2.17. The van der Waals surface area contributed by atoms with E-state index in [0.29, 0.717) is 0 Å². The van der Waals surface area contributed by atoms with Crippen molar-refractivity contribution in [3.63, 3.8) is 0 Å². The number of hydrogen-bond donors (Lipinski definition) is 1. The second-order valence-corrected chi connectivity index (χ2v) is 2.95. The molecule has 1 unspecified atom stereocenters. The standard InChI is InChI=1S/C10H11NO/c11-7-8-5-6-12-10-4-2-1-3-9(8)10/h1-4,7-8,11H,5-6H2. The third kappa shape index (κ3) is 1.09. The fourth-order valence-corrected chi connectivity index (χ4v) is 1.54. The van der Waals surface area contributed by atoms with Crippen LogP contribution in [0.25, 0.3) is 0 Å². The highest BCUT2D eigenvalue weighted by molar-refractivity contribution is 5.67. The first-order chi connectivity index (χ1) is 5.92. The second-order valence-electron chi connectivity index (χ2n) is 2.95. The summed E-state index contributed by atoms with van der Waals surface area (Å²) >= 11 is 0. The van der Waals surface area contributed by atoms with E-state index in [1.54, 1.807) is 0 Å². The number of nitrogens with one attached hydrogen (secondary N) is 1. The highest BCUT2D eigenvalue weighted by Crippen LogP contribution is 2.31. The Labute approximate surface area is 71.7 Å². The predicted octanol–water partition coefficient (Wildman–Crippen LogP) is 2.20. The van der Waals surface area contributed by atoms with E-state index in [2.05, 4.69) is 0 Å². The maximum atomic E-state index is 7.25.